The summed E-state index contributed by atoms with van der Waals surface area (Å²) < 4.78 is 0.806. The molecule has 7 heteroatoms. The Morgan fingerprint density at radius 1 is 1.32 bits per heavy atom. The molecule has 6 nitrogen and oxygen atoms in total. The van der Waals surface area contributed by atoms with E-state index in [1.807, 2.05) is 13.0 Å². The number of hydrogen-bond acceptors (Lipinski definition) is 3. The third-order valence-electron chi connectivity index (χ3n) is 4.16. The van der Waals surface area contributed by atoms with Crippen molar-refractivity contribution >= 4 is 27.5 Å². The topological polar surface area (TPSA) is 81.9 Å². The van der Waals surface area contributed by atoms with Crippen LogP contribution in [-0.2, 0) is 6.54 Å². The Kier molecular flexibility index (Phi) is 6.78. The molecule has 2 aromatic rings. The Morgan fingerprint density at radius 2 is 2.04 bits per heavy atom. The first-order valence-electron chi connectivity index (χ1n) is 8.29. The minimum atomic E-state index is -0.309. The van der Waals surface area contributed by atoms with E-state index < -0.39 is 0 Å². The Hall–Kier alpha value is -2.12. The summed E-state index contributed by atoms with van der Waals surface area (Å²) in [5, 5.41) is 14.3. The number of carbonyl (C=O) groups excluding carboxylic acids is 1. The molecule has 0 saturated carbocycles. The fourth-order valence-corrected chi connectivity index (χ4v) is 2.82. The van der Waals surface area contributed by atoms with Gasteiger partial charge >= 0.3 is 0 Å². The minimum Gasteiger partial charge on any atom is -0.507 e. The molecule has 0 bridgehead atoms. The summed E-state index contributed by atoms with van der Waals surface area (Å²) in [6, 6.07) is 7.09. The Bertz CT molecular complexity index is 766. The van der Waals surface area contributed by atoms with Crippen LogP contribution in [0.5, 0.6) is 5.75 Å². The van der Waals surface area contributed by atoms with Gasteiger partial charge < -0.3 is 15.0 Å². The highest BCUT2D eigenvalue weighted by Gasteiger charge is 2.12. The summed E-state index contributed by atoms with van der Waals surface area (Å²) in [5.41, 5.74) is 5.39. The highest BCUT2D eigenvalue weighted by atomic mass is 79.9. The number of halogens is 1. The van der Waals surface area contributed by atoms with E-state index in [0.717, 1.165) is 35.2 Å². The maximum atomic E-state index is 12.0. The van der Waals surface area contributed by atoms with Crippen molar-refractivity contribution < 1.29 is 14.8 Å². The average molecular weight is 408 g/mol. The summed E-state index contributed by atoms with van der Waals surface area (Å²) in [5.74, 6) is -0.0205. The maximum Gasteiger partial charge on any atom is 0.287 e. The number of H-pyrrole nitrogens is 1. The van der Waals surface area contributed by atoms with Crippen LogP contribution < -0.4 is 10.3 Å². The number of hydrazone groups is 1. The third-order valence-corrected chi connectivity index (χ3v) is 4.61. The lowest BCUT2D eigenvalue weighted by Gasteiger charge is -2.16. The van der Waals surface area contributed by atoms with Crippen molar-refractivity contribution in [1.29, 1.82) is 0 Å². The molecule has 25 heavy (non-hydrogen) atoms. The van der Waals surface area contributed by atoms with Crippen LogP contribution in [-0.4, -0.2) is 34.8 Å². The summed E-state index contributed by atoms with van der Waals surface area (Å²) in [4.78, 5) is 16.3. The number of nitrogens with zero attached hydrogens (tertiary/aromatic N) is 1. The number of hydrogen-bond donors (Lipinski definition) is 4. The first-order valence-corrected chi connectivity index (χ1v) is 9.08. The van der Waals surface area contributed by atoms with Crippen LogP contribution in [0.3, 0.4) is 0 Å². The molecule has 1 amide bonds. The van der Waals surface area contributed by atoms with E-state index in [-0.39, 0.29) is 11.7 Å². The van der Waals surface area contributed by atoms with Gasteiger partial charge in [0.2, 0.25) is 0 Å². The Balaban J connectivity index is 2.12. The number of aromatic amines is 1. The van der Waals surface area contributed by atoms with Crippen molar-refractivity contribution in [3.05, 3.63) is 51.8 Å². The number of aromatic nitrogens is 1. The van der Waals surface area contributed by atoms with E-state index in [9.17, 15) is 9.90 Å². The second-order valence-corrected chi connectivity index (χ2v) is 6.76. The van der Waals surface area contributed by atoms with E-state index in [1.165, 1.54) is 4.90 Å². The van der Waals surface area contributed by atoms with Gasteiger partial charge in [-0.15, -0.1) is 0 Å². The molecule has 0 radical (unpaired) electrons. The van der Waals surface area contributed by atoms with Gasteiger partial charge in [0.1, 0.15) is 18.0 Å². The van der Waals surface area contributed by atoms with Crippen molar-refractivity contribution in [3.8, 4) is 5.75 Å². The van der Waals surface area contributed by atoms with Crippen molar-refractivity contribution in [3.63, 3.8) is 0 Å². The number of rotatable bonds is 7. The zero-order chi connectivity index (χ0) is 18.4. The molecule has 4 N–H and O–H groups in total. The predicted molar refractivity (Wildman–Crippen MR) is 102 cm³/mol. The smallest absolute Gasteiger partial charge is 0.287 e. The highest BCUT2D eigenvalue weighted by molar-refractivity contribution is 9.10. The lowest BCUT2D eigenvalue weighted by Crippen LogP contribution is -3.10. The molecule has 1 aromatic carbocycles. The highest BCUT2D eigenvalue weighted by Crippen LogP contribution is 2.18. The van der Waals surface area contributed by atoms with Crippen LogP contribution in [0.2, 0.25) is 0 Å². The number of phenols is 1. The van der Waals surface area contributed by atoms with Crippen molar-refractivity contribution in [2.45, 2.75) is 27.3 Å². The Morgan fingerprint density at radius 3 is 2.64 bits per heavy atom. The van der Waals surface area contributed by atoms with Gasteiger partial charge in [-0.1, -0.05) is 0 Å². The predicted octanol–water partition coefficient (Wildman–Crippen LogP) is 2.06. The maximum absolute atomic E-state index is 12.0. The van der Waals surface area contributed by atoms with E-state index >= 15 is 0 Å². The SMILES string of the molecule is CC[NH+](CC)Cc1cc(/C(C)=N/NC(=O)c2cc(Br)c[nH]2)ccc1O. The van der Waals surface area contributed by atoms with Crippen molar-refractivity contribution in [2.24, 2.45) is 5.10 Å². The fraction of sp³-hybridized carbons (Fsp3) is 0.333. The van der Waals surface area contributed by atoms with Crippen LogP contribution in [0.1, 0.15) is 42.4 Å². The molecule has 0 aliphatic heterocycles. The molecule has 1 heterocycles. The second-order valence-electron chi connectivity index (χ2n) is 5.85. The second kappa shape index (κ2) is 8.82. The van der Waals surface area contributed by atoms with E-state index in [4.69, 9.17) is 0 Å². The number of carbonyl (C=O) groups is 1. The van der Waals surface area contributed by atoms with Gasteiger partial charge in [0, 0.05) is 16.2 Å². The number of quaternary nitrogens is 1. The zero-order valence-corrected chi connectivity index (χ0v) is 16.3. The first-order chi connectivity index (χ1) is 11.9. The first kappa shape index (κ1) is 19.2. The monoisotopic (exact) mass is 407 g/mol. The molecule has 0 aliphatic carbocycles. The van der Waals surface area contributed by atoms with Crippen LogP contribution in [0, 0.1) is 0 Å². The number of aromatic hydroxyl groups is 1. The fourth-order valence-electron chi connectivity index (χ4n) is 2.48. The van der Waals surface area contributed by atoms with Gasteiger partial charge in [-0.05, 0) is 66.5 Å². The largest absolute Gasteiger partial charge is 0.507 e. The van der Waals surface area contributed by atoms with Crippen molar-refractivity contribution in [2.75, 3.05) is 13.1 Å². The molecule has 0 fully saturated rings. The lowest BCUT2D eigenvalue weighted by molar-refractivity contribution is -0.910. The number of nitrogens with one attached hydrogen (secondary N) is 3. The number of phenolic OH excluding ortho intramolecular Hbond substituents is 1. The number of benzene rings is 1. The van der Waals surface area contributed by atoms with Gasteiger partial charge in [-0.25, -0.2) is 5.43 Å². The molecule has 0 saturated heterocycles. The molecular weight excluding hydrogens is 384 g/mol. The molecule has 0 unspecified atom stereocenters. The van der Waals surface area contributed by atoms with Crippen LogP contribution in [0.25, 0.3) is 0 Å². The zero-order valence-electron chi connectivity index (χ0n) is 14.7. The standard InChI is InChI=1S/C18H23BrN4O2/c1-4-23(5-2)11-14-8-13(6-7-17(14)24)12(3)21-22-18(25)16-9-15(19)10-20-16/h6-10,20,24H,4-5,11H2,1-3H3,(H,22,25)/p+1/b21-12+. The van der Waals surface area contributed by atoms with E-state index in [1.54, 1.807) is 24.4 Å². The lowest BCUT2D eigenvalue weighted by atomic mass is 10.1. The van der Waals surface area contributed by atoms with E-state index in [0.29, 0.717) is 11.4 Å². The molecule has 0 aliphatic rings. The summed E-state index contributed by atoms with van der Waals surface area (Å²) in [6.45, 7) is 8.82. The van der Waals surface area contributed by atoms with Crippen LogP contribution in [0.4, 0.5) is 0 Å². The molecule has 134 valence electrons. The Labute approximate surface area is 156 Å². The molecule has 1 aromatic heterocycles. The summed E-state index contributed by atoms with van der Waals surface area (Å²) >= 11 is 3.29. The van der Waals surface area contributed by atoms with Gasteiger partial charge in [-0.2, -0.15) is 5.10 Å². The summed E-state index contributed by atoms with van der Waals surface area (Å²) in [7, 11) is 0. The number of amides is 1. The van der Waals surface area contributed by atoms with Gasteiger partial charge in [0.05, 0.1) is 18.8 Å². The normalized spacial score (nSPS) is 11.8. The van der Waals surface area contributed by atoms with Crippen LogP contribution >= 0.6 is 15.9 Å². The molecule has 0 spiro atoms. The van der Waals surface area contributed by atoms with E-state index in [2.05, 4.69) is 45.3 Å². The molecule has 0 atom stereocenters. The third kappa shape index (κ3) is 5.17. The van der Waals surface area contributed by atoms with Gasteiger partial charge in [0.15, 0.2) is 0 Å². The quantitative estimate of drug-likeness (QED) is 0.418. The van der Waals surface area contributed by atoms with Gasteiger partial charge in [-0.3, -0.25) is 4.79 Å². The van der Waals surface area contributed by atoms with Crippen molar-refractivity contribution in [1.82, 2.24) is 10.4 Å². The summed E-state index contributed by atoms with van der Waals surface area (Å²) in [6.07, 6.45) is 1.69. The molecular formula is C18H24BrN4O2+. The molecule has 2 rings (SSSR count). The minimum absolute atomic E-state index is 0.288. The van der Waals surface area contributed by atoms with Crippen LogP contribution in [0.15, 0.2) is 40.0 Å². The van der Waals surface area contributed by atoms with Gasteiger partial charge in [0.25, 0.3) is 5.91 Å². The average Bonchev–Trinajstić information content (AvgIpc) is 3.05.